The van der Waals surface area contributed by atoms with E-state index in [2.05, 4.69) is 18.9 Å². The highest BCUT2D eigenvalue weighted by Crippen LogP contribution is 2.25. The highest BCUT2D eigenvalue weighted by molar-refractivity contribution is 5.55. The lowest BCUT2D eigenvalue weighted by Gasteiger charge is -2.16. The molecule has 0 saturated carbocycles. The SMILES string of the molecule is CCCCCN(C)CCCOc1cc(O)ccc1N. The zero-order valence-electron chi connectivity index (χ0n) is 12.1. The van der Waals surface area contributed by atoms with Crippen molar-refractivity contribution in [1.29, 1.82) is 0 Å². The lowest BCUT2D eigenvalue weighted by Crippen LogP contribution is -2.22. The third-order valence-corrected chi connectivity index (χ3v) is 3.08. The topological polar surface area (TPSA) is 58.7 Å². The molecule has 0 amide bonds. The summed E-state index contributed by atoms with van der Waals surface area (Å²) in [6.45, 7) is 4.99. The van der Waals surface area contributed by atoms with E-state index in [1.165, 1.54) is 19.3 Å². The summed E-state index contributed by atoms with van der Waals surface area (Å²) in [5.74, 6) is 0.745. The molecule has 108 valence electrons. The first-order chi connectivity index (χ1) is 9.13. The fourth-order valence-electron chi connectivity index (χ4n) is 1.91. The van der Waals surface area contributed by atoms with Crippen LogP contribution in [0.4, 0.5) is 5.69 Å². The average Bonchev–Trinajstić information content (AvgIpc) is 2.39. The number of hydrogen-bond donors (Lipinski definition) is 2. The molecular formula is C15H26N2O2. The number of rotatable bonds is 9. The fourth-order valence-corrected chi connectivity index (χ4v) is 1.91. The van der Waals surface area contributed by atoms with E-state index < -0.39 is 0 Å². The molecule has 0 aliphatic rings. The molecule has 0 bridgehead atoms. The highest BCUT2D eigenvalue weighted by atomic mass is 16.5. The minimum Gasteiger partial charge on any atom is -0.508 e. The van der Waals surface area contributed by atoms with Crippen LogP contribution in [0.1, 0.15) is 32.6 Å². The maximum Gasteiger partial charge on any atom is 0.145 e. The Morgan fingerprint density at radius 1 is 1.21 bits per heavy atom. The van der Waals surface area contributed by atoms with Crippen LogP contribution < -0.4 is 10.5 Å². The van der Waals surface area contributed by atoms with Crippen molar-refractivity contribution in [3.63, 3.8) is 0 Å². The van der Waals surface area contributed by atoms with E-state index in [1.54, 1.807) is 18.2 Å². The van der Waals surface area contributed by atoms with Gasteiger partial charge in [-0.25, -0.2) is 0 Å². The molecule has 4 nitrogen and oxygen atoms in total. The molecule has 0 aliphatic heterocycles. The summed E-state index contributed by atoms with van der Waals surface area (Å²) in [6.07, 6.45) is 4.76. The van der Waals surface area contributed by atoms with Crippen LogP contribution in [0.3, 0.4) is 0 Å². The van der Waals surface area contributed by atoms with Crippen LogP contribution in [0.5, 0.6) is 11.5 Å². The number of nitrogens with two attached hydrogens (primary N) is 1. The predicted molar refractivity (Wildman–Crippen MR) is 79.7 cm³/mol. The van der Waals surface area contributed by atoms with Gasteiger partial charge in [0.15, 0.2) is 0 Å². The van der Waals surface area contributed by atoms with Gasteiger partial charge in [-0.15, -0.1) is 0 Å². The Morgan fingerprint density at radius 2 is 1.95 bits per heavy atom. The first-order valence-corrected chi connectivity index (χ1v) is 7.03. The molecule has 1 rings (SSSR count). The maximum absolute atomic E-state index is 9.36. The van der Waals surface area contributed by atoms with Crippen molar-refractivity contribution in [3.05, 3.63) is 18.2 Å². The van der Waals surface area contributed by atoms with E-state index in [0.29, 0.717) is 18.0 Å². The van der Waals surface area contributed by atoms with Crippen molar-refractivity contribution >= 4 is 5.69 Å². The van der Waals surface area contributed by atoms with Crippen molar-refractivity contribution in [3.8, 4) is 11.5 Å². The van der Waals surface area contributed by atoms with E-state index in [0.717, 1.165) is 19.5 Å². The molecule has 3 N–H and O–H groups in total. The van der Waals surface area contributed by atoms with Crippen LogP contribution in [-0.2, 0) is 0 Å². The number of nitrogens with zero attached hydrogens (tertiary/aromatic N) is 1. The number of phenolic OH excluding ortho intramolecular Hbond substituents is 1. The number of anilines is 1. The van der Waals surface area contributed by atoms with Crippen LogP contribution in [0.2, 0.25) is 0 Å². The first kappa shape index (κ1) is 15.6. The quantitative estimate of drug-likeness (QED) is 0.410. The molecule has 0 unspecified atom stereocenters. The zero-order chi connectivity index (χ0) is 14.1. The highest BCUT2D eigenvalue weighted by Gasteiger charge is 2.02. The Balaban J connectivity index is 2.18. The lowest BCUT2D eigenvalue weighted by molar-refractivity contribution is 0.260. The van der Waals surface area contributed by atoms with Gasteiger partial charge < -0.3 is 20.5 Å². The van der Waals surface area contributed by atoms with Gasteiger partial charge in [0, 0.05) is 12.6 Å². The Labute approximate surface area is 116 Å². The number of unbranched alkanes of at least 4 members (excludes halogenated alkanes) is 2. The lowest BCUT2D eigenvalue weighted by atomic mass is 10.2. The Hall–Kier alpha value is -1.42. The van der Waals surface area contributed by atoms with Crippen molar-refractivity contribution in [2.75, 3.05) is 32.5 Å². The largest absolute Gasteiger partial charge is 0.508 e. The third-order valence-electron chi connectivity index (χ3n) is 3.08. The summed E-state index contributed by atoms with van der Waals surface area (Å²) in [5.41, 5.74) is 6.33. The molecule has 1 aromatic carbocycles. The van der Waals surface area contributed by atoms with Gasteiger partial charge in [-0.05, 0) is 38.6 Å². The van der Waals surface area contributed by atoms with Crippen molar-refractivity contribution < 1.29 is 9.84 Å². The minimum atomic E-state index is 0.181. The molecular weight excluding hydrogens is 240 g/mol. The summed E-state index contributed by atoms with van der Waals surface area (Å²) in [7, 11) is 2.14. The van der Waals surface area contributed by atoms with E-state index in [9.17, 15) is 5.11 Å². The zero-order valence-corrected chi connectivity index (χ0v) is 12.1. The molecule has 0 aliphatic carbocycles. The number of phenols is 1. The van der Waals surface area contributed by atoms with E-state index in [1.807, 2.05) is 0 Å². The van der Waals surface area contributed by atoms with Gasteiger partial charge in [-0.3, -0.25) is 0 Å². The van der Waals surface area contributed by atoms with Gasteiger partial charge in [0.05, 0.1) is 12.3 Å². The number of hydrogen-bond acceptors (Lipinski definition) is 4. The van der Waals surface area contributed by atoms with Gasteiger partial charge in [0.2, 0.25) is 0 Å². The first-order valence-electron chi connectivity index (χ1n) is 7.03. The molecule has 0 atom stereocenters. The van der Waals surface area contributed by atoms with E-state index in [4.69, 9.17) is 10.5 Å². The molecule has 0 spiro atoms. The molecule has 4 heteroatoms. The third kappa shape index (κ3) is 6.34. The molecule has 0 saturated heterocycles. The summed E-state index contributed by atoms with van der Waals surface area (Å²) >= 11 is 0. The molecule has 0 radical (unpaired) electrons. The van der Waals surface area contributed by atoms with Gasteiger partial charge >= 0.3 is 0 Å². The molecule has 1 aromatic rings. The van der Waals surface area contributed by atoms with Gasteiger partial charge in [-0.1, -0.05) is 19.8 Å². The van der Waals surface area contributed by atoms with Gasteiger partial charge in [0.1, 0.15) is 11.5 Å². The Bertz CT molecular complexity index is 369. The second-order valence-electron chi connectivity index (χ2n) is 4.93. The van der Waals surface area contributed by atoms with Crippen molar-refractivity contribution in [1.82, 2.24) is 4.90 Å². The maximum atomic E-state index is 9.36. The van der Waals surface area contributed by atoms with Crippen LogP contribution in [0, 0.1) is 0 Å². The molecule has 0 fully saturated rings. The summed E-state index contributed by atoms with van der Waals surface area (Å²) < 4.78 is 5.58. The van der Waals surface area contributed by atoms with Crippen LogP contribution in [0.15, 0.2) is 18.2 Å². The fraction of sp³-hybridized carbons (Fsp3) is 0.600. The number of nitrogen functional groups attached to an aromatic ring is 1. The minimum absolute atomic E-state index is 0.181. The van der Waals surface area contributed by atoms with Gasteiger partial charge in [-0.2, -0.15) is 0 Å². The van der Waals surface area contributed by atoms with Crippen molar-refractivity contribution in [2.24, 2.45) is 0 Å². The molecule has 0 aromatic heterocycles. The number of aromatic hydroxyl groups is 1. The monoisotopic (exact) mass is 266 g/mol. The van der Waals surface area contributed by atoms with E-state index in [-0.39, 0.29) is 5.75 Å². The standard InChI is InChI=1S/C15H26N2O2/c1-3-4-5-9-17(2)10-6-11-19-15-12-13(18)7-8-14(15)16/h7-8,12,18H,3-6,9-11,16H2,1-2H3. The average molecular weight is 266 g/mol. The van der Waals surface area contributed by atoms with Crippen molar-refractivity contribution in [2.45, 2.75) is 32.6 Å². The Morgan fingerprint density at radius 3 is 2.68 bits per heavy atom. The normalized spacial score (nSPS) is 10.9. The predicted octanol–water partition coefficient (Wildman–Crippen LogP) is 2.87. The molecule has 0 heterocycles. The second kappa shape index (κ2) is 8.64. The van der Waals surface area contributed by atoms with Crippen LogP contribution in [0.25, 0.3) is 0 Å². The second-order valence-corrected chi connectivity index (χ2v) is 4.93. The number of benzene rings is 1. The molecule has 19 heavy (non-hydrogen) atoms. The van der Waals surface area contributed by atoms with Crippen LogP contribution >= 0.6 is 0 Å². The van der Waals surface area contributed by atoms with E-state index >= 15 is 0 Å². The smallest absolute Gasteiger partial charge is 0.145 e. The summed E-state index contributed by atoms with van der Waals surface area (Å²) in [5, 5.41) is 9.36. The van der Waals surface area contributed by atoms with Crippen LogP contribution in [-0.4, -0.2) is 36.8 Å². The Kier molecular flexibility index (Phi) is 7.11. The summed E-state index contributed by atoms with van der Waals surface area (Å²) in [4.78, 5) is 2.32. The summed E-state index contributed by atoms with van der Waals surface area (Å²) in [6, 6.07) is 4.77. The number of ether oxygens (including phenoxy) is 1. The van der Waals surface area contributed by atoms with Gasteiger partial charge in [0.25, 0.3) is 0 Å².